The number of nitrogens with zero attached hydrogens (tertiary/aromatic N) is 3. The van der Waals surface area contributed by atoms with Crippen LogP contribution in [-0.4, -0.2) is 64.5 Å². The number of aromatic amines is 1. The van der Waals surface area contributed by atoms with Crippen molar-refractivity contribution in [1.82, 2.24) is 31.1 Å². The standard InChI is InChI=1S/C23H25N7O4S/c31-20-18-17(15-4-2-6-24-11-15)12-35-22(18)29-19(28-20)21(32)25-10-14-3-1-5-16(9-14)33-7-8-34-23-26-13-27-30-23/h1-2,4-5,9,11-14,18,22,24H,3,6-8,10H2,(H,25,32)(H,26,27,30)(H,28,29,31). The highest BCUT2D eigenvalue weighted by atomic mass is 32.2. The molecule has 0 spiro atoms. The number of aromatic nitrogens is 3. The first kappa shape index (κ1) is 23.0. The lowest BCUT2D eigenvalue weighted by molar-refractivity contribution is -0.124. The Hall–Kier alpha value is -3.80. The molecular formula is C23H25N7O4S. The normalized spacial score (nSPS) is 24.8. The van der Waals surface area contributed by atoms with Crippen LogP contribution in [0.15, 0.2) is 70.2 Å². The van der Waals surface area contributed by atoms with Gasteiger partial charge in [0.2, 0.25) is 5.91 Å². The van der Waals surface area contributed by atoms with Gasteiger partial charge in [-0.25, -0.2) is 10.1 Å². The Morgan fingerprint density at radius 3 is 2.97 bits per heavy atom. The van der Waals surface area contributed by atoms with Crippen molar-refractivity contribution in [2.75, 3.05) is 26.3 Å². The van der Waals surface area contributed by atoms with E-state index in [2.05, 4.69) is 36.1 Å². The van der Waals surface area contributed by atoms with E-state index in [0.717, 1.165) is 24.1 Å². The molecule has 0 saturated carbocycles. The van der Waals surface area contributed by atoms with Crippen molar-refractivity contribution in [3.05, 3.63) is 65.2 Å². The van der Waals surface area contributed by atoms with Gasteiger partial charge in [0.05, 0.1) is 5.92 Å². The van der Waals surface area contributed by atoms with Crippen LogP contribution < -0.4 is 20.7 Å². The number of hydrogen-bond acceptors (Lipinski definition) is 9. The lowest BCUT2D eigenvalue weighted by Crippen LogP contribution is -2.51. The summed E-state index contributed by atoms with van der Waals surface area (Å²) in [6.45, 7) is 1.83. The first-order valence-corrected chi connectivity index (χ1v) is 12.2. The van der Waals surface area contributed by atoms with E-state index in [4.69, 9.17) is 9.47 Å². The Balaban J connectivity index is 1.11. The monoisotopic (exact) mass is 495 g/mol. The second-order valence-electron chi connectivity index (χ2n) is 8.12. The number of rotatable bonds is 9. The quantitative estimate of drug-likeness (QED) is 0.371. The predicted octanol–water partition coefficient (Wildman–Crippen LogP) is 0.921. The lowest BCUT2D eigenvalue weighted by atomic mass is 9.91. The highest BCUT2D eigenvalue weighted by Crippen LogP contribution is 2.42. The van der Waals surface area contributed by atoms with Gasteiger partial charge in [-0.2, -0.15) is 10.1 Å². The fourth-order valence-electron chi connectivity index (χ4n) is 4.01. The molecule has 3 unspecified atom stereocenters. The highest BCUT2D eigenvalue weighted by Gasteiger charge is 2.42. The molecule has 0 bridgehead atoms. The van der Waals surface area contributed by atoms with E-state index in [1.165, 1.54) is 18.1 Å². The Labute approximate surface area is 205 Å². The molecule has 4 aliphatic rings. The summed E-state index contributed by atoms with van der Waals surface area (Å²) < 4.78 is 11.1. The van der Waals surface area contributed by atoms with Gasteiger partial charge in [-0.1, -0.05) is 18.2 Å². The minimum Gasteiger partial charge on any atom is -0.490 e. The third-order valence-corrected chi connectivity index (χ3v) is 6.75. The first-order valence-electron chi connectivity index (χ1n) is 11.3. The minimum absolute atomic E-state index is 0.0565. The van der Waals surface area contributed by atoms with E-state index in [1.54, 1.807) is 0 Å². The van der Waals surface area contributed by atoms with E-state index in [-0.39, 0.29) is 23.0 Å². The molecule has 11 nitrogen and oxygen atoms in total. The van der Waals surface area contributed by atoms with Crippen molar-refractivity contribution >= 4 is 29.4 Å². The van der Waals surface area contributed by atoms with Gasteiger partial charge in [0, 0.05) is 25.2 Å². The summed E-state index contributed by atoms with van der Waals surface area (Å²) in [7, 11) is 0. The molecule has 0 aromatic carbocycles. The van der Waals surface area contributed by atoms with Crippen LogP contribution in [0.5, 0.6) is 6.01 Å². The zero-order valence-electron chi connectivity index (χ0n) is 18.8. The van der Waals surface area contributed by atoms with Gasteiger partial charge in [-0.05, 0) is 35.1 Å². The second-order valence-corrected chi connectivity index (χ2v) is 9.11. The summed E-state index contributed by atoms with van der Waals surface area (Å²) >= 11 is 1.46. The summed E-state index contributed by atoms with van der Waals surface area (Å²) in [4.78, 5) is 34.0. The van der Waals surface area contributed by atoms with Crippen molar-refractivity contribution in [1.29, 1.82) is 0 Å². The SMILES string of the molecule is O=C(NCC1C=C(OCCOc2ncn[nH]2)C=CC1)C1=NC2SC=C(C3=CNCC=C3)C2C(=O)N1. The average Bonchev–Trinajstić information content (AvgIpc) is 3.56. The van der Waals surface area contributed by atoms with E-state index in [1.807, 2.05) is 42.0 Å². The predicted molar refractivity (Wildman–Crippen MR) is 130 cm³/mol. The topological polar surface area (TPSA) is 143 Å². The molecule has 5 rings (SSSR count). The van der Waals surface area contributed by atoms with Crippen LogP contribution in [-0.2, 0) is 14.3 Å². The van der Waals surface area contributed by atoms with Crippen molar-refractivity contribution < 1.29 is 19.1 Å². The molecule has 1 aliphatic carbocycles. The number of H-pyrrole nitrogens is 1. The van der Waals surface area contributed by atoms with Gasteiger partial charge < -0.3 is 25.4 Å². The van der Waals surface area contributed by atoms with Crippen molar-refractivity contribution in [3.63, 3.8) is 0 Å². The Bertz CT molecular complexity index is 1150. The maximum atomic E-state index is 12.8. The molecule has 3 atom stereocenters. The Kier molecular flexibility index (Phi) is 6.98. The van der Waals surface area contributed by atoms with Crippen LogP contribution in [0.25, 0.3) is 0 Å². The van der Waals surface area contributed by atoms with E-state index in [0.29, 0.717) is 31.5 Å². The highest BCUT2D eigenvalue weighted by molar-refractivity contribution is 8.03. The molecule has 35 heavy (non-hydrogen) atoms. The van der Waals surface area contributed by atoms with Crippen LogP contribution >= 0.6 is 11.8 Å². The summed E-state index contributed by atoms with van der Waals surface area (Å²) in [5.74, 6) is -0.185. The maximum Gasteiger partial charge on any atom is 0.312 e. The fourth-order valence-corrected chi connectivity index (χ4v) is 5.18. The molecule has 2 amide bonds. The second kappa shape index (κ2) is 10.6. The number of amidine groups is 1. The summed E-state index contributed by atoms with van der Waals surface area (Å²) in [6.07, 6.45) is 13.9. The first-order chi connectivity index (χ1) is 17.2. The molecule has 1 aromatic heterocycles. The molecule has 4 N–H and O–H groups in total. The van der Waals surface area contributed by atoms with Gasteiger partial charge in [-0.15, -0.1) is 11.8 Å². The number of aliphatic imine (C=N–C) groups is 1. The van der Waals surface area contributed by atoms with Crippen LogP contribution in [0.4, 0.5) is 0 Å². The molecule has 0 fully saturated rings. The molecule has 182 valence electrons. The van der Waals surface area contributed by atoms with Crippen molar-refractivity contribution in [3.8, 4) is 6.01 Å². The third-order valence-electron chi connectivity index (χ3n) is 5.70. The molecule has 0 saturated heterocycles. The number of ether oxygens (including phenoxy) is 2. The molecule has 3 aliphatic heterocycles. The smallest absolute Gasteiger partial charge is 0.312 e. The minimum atomic E-state index is -0.411. The van der Waals surface area contributed by atoms with E-state index < -0.39 is 11.8 Å². The van der Waals surface area contributed by atoms with Crippen LogP contribution in [0.3, 0.4) is 0 Å². The van der Waals surface area contributed by atoms with Crippen LogP contribution in [0.2, 0.25) is 0 Å². The number of amides is 2. The maximum absolute atomic E-state index is 12.8. The van der Waals surface area contributed by atoms with Crippen molar-refractivity contribution in [2.24, 2.45) is 16.8 Å². The Morgan fingerprint density at radius 2 is 2.14 bits per heavy atom. The average molecular weight is 496 g/mol. The van der Waals surface area contributed by atoms with Gasteiger partial charge in [-0.3, -0.25) is 9.59 Å². The fraction of sp³-hybridized carbons (Fsp3) is 0.348. The van der Waals surface area contributed by atoms with E-state index >= 15 is 0 Å². The van der Waals surface area contributed by atoms with E-state index in [9.17, 15) is 9.59 Å². The van der Waals surface area contributed by atoms with Gasteiger partial charge >= 0.3 is 6.01 Å². The van der Waals surface area contributed by atoms with Crippen LogP contribution in [0.1, 0.15) is 6.42 Å². The lowest BCUT2D eigenvalue weighted by Gasteiger charge is -2.26. The summed E-state index contributed by atoms with van der Waals surface area (Å²) in [5, 5.41) is 16.7. The summed E-state index contributed by atoms with van der Waals surface area (Å²) in [5.41, 5.74) is 1.89. The number of fused-ring (bicyclic) bond motifs is 1. The van der Waals surface area contributed by atoms with Gasteiger partial charge in [0.1, 0.15) is 30.7 Å². The molecule has 12 heteroatoms. The number of carbonyl (C=O) groups is 2. The number of nitrogens with one attached hydrogen (secondary N) is 4. The number of thioether (sulfide) groups is 1. The number of hydrogen-bond donors (Lipinski definition) is 4. The molecular weight excluding hydrogens is 470 g/mol. The molecule has 0 radical (unpaired) electrons. The zero-order chi connectivity index (χ0) is 24.0. The largest absolute Gasteiger partial charge is 0.490 e. The summed E-state index contributed by atoms with van der Waals surface area (Å²) in [6, 6.07) is 0.342. The number of carbonyl (C=O) groups excluding carboxylic acids is 2. The third kappa shape index (κ3) is 5.48. The zero-order valence-corrected chi connectivity index (χ0v) is 19.6. The van der Waals surface area contributed by atoms with Gasteiger partial charge in [0.25, 0.3) is 5.91 Å². The van der Waals surface area contributed by atoms with Crippen LogP contribution in [0, 0.1) is 11.8 Å². The Morgan fingerprint density at radius 1 is 1.23 bits per heavy atom. The van der Waals surface area contributed by atoms with Gasteiger partial charge in [0.15, 0.2) is 5.84 Å². The van der Waals surface area contributed by atoms with Crippen molar-refractivity contribution in [2.45, 2.75) is 11.8 Å². The molecule has 1 aromatic rings. The molecule has 4 heterocycles. The number of allylic oxidation sites excluding steroid dienone is 4. The number of dihydropyridines is 1.